The number of hydrogen-bond acceptors (Lipinski definition) is 6. The largest absolute Gasteiger partial charge is 0.497 e. The van der Waals surface area contributed by atoms with E-state index in [0.717, 1.165) is 22.7 Å². The van der Waals surface area contributed by atoms with E-state index in [-0.39, 0.29) is 0 Å². The number of anilines is 2. The number of amidine groups is 1. The van der Waals surface area contributed by atoms with Crippen LogP contribution in [0.25, 0.3) is 0 Å². The van der Waals surface area contributed by atoms with Crippen LogP contribution < -0.4 is 14.4 Å². The van der Waals surface area contributed by atoms with Crippen LogP contribution in [0.15, 0.2) is 149 Å². The Hall–Kier alpha value is -4.94. The maximum Gasteiger partial charge on any atom is 0.170 e. The third kappa shape index (κ3) is 5.83. The molecule has 0 spiro atoms. The third-order valence-electron chi connectivity index (χ3n) is 6.71. The van der Waals surface area contributed by atoms with Crippen molar-refractivity contribution in [2.75, 3.05) is 12.0 Å². The van der Waals surface area contributed by atoms with Gasteiger partial charge in [0.05, 0.1) is 12.8 Å². The van der Waals surface area contributed by atoms with E-state index in [4.69, 9.17) is 31.2 Å². The zero-order valence-corrected chi connectivity index (χ0v) is 23.1. The summed E-state index contributed by atoms with van der Waals surface area (Å²) >= 11 is 6.28. The van der Waals surface area contributed by atoms with Gasteiger partial charge >= 0.3 is 0 Å². The zero-order chi connectivity index (χ0) is 28.0. The van der Waals surface area contributed by atoms with Crippen LogP contribution >= 0.6 is 11.6 Å². The average Bonchev–Trinajstić information content (AvgIpc) is 3.18. The lowest BCUT2D eigenvalue weighted by atomic mass is 10.00. The quantitative estimate of drug-likeness (QED) is 0.195. The smallest absolute Gasteiger partial charge is 0.170 e. The second kappa shape index (κ2) is 12.1. The SMILES string of the molecule is COc1ccc(C2Oc3ccccc3N=C(N(c3ccccc3)c3ccccc3)C2N=Nc2cccc(Cl)c2)cc1. The van der Waals surface area contributed by atoms with Gasteiger partial charge in [-0.25, -0.2) is 4.99 Å². The van der Waals surface area contributed by atoms with Crippen molar-refractivity contribution in [1.82, 2.24) is 0 Å². The van der Waals surface area contributed by atoms with Gasteiger partial charge in [0.25, 0.3) is 0 Å². The summed E-state index contributed by atoms with van der Waals surface area (Å²) in [6, 6.07) is 42.5. The van der Waals surface area contributed by atoms with Crippen LogP contribution in [0.2, 0.25) is 5.02 Å². The number of ether oxygens (including phenoxy) is 2. The Kier molecular flexibility index (Phi) is 7.74. The molecule has 1 aliphatic rings. The fourth-order valence-corrected chi connectivity index (χ4v) is 4.93. The standard InChI is InChI=1S/C34H27ClN4O2/c1-40-29-21-19-24(20-22-29)33-32(38-37-26-12-10-11-25(35)23-26)34(36-30-17-8-9-18-31(30)41-33)39(27-13-4-2-5-14-27)28-15-6-3-7-16-28/h2-23,32-33H,1H3. The zero-order valence-electron chi connectivity index (χ0n) is 22.3. The number of benzene rings is 5. The van der Waals surface area contributed by atoms with E-state index in [2.05, 4.69) is 34.3 Å². The van der Waals surface area contributed by atoms with E-state index in [1.807, 2.05) is 103 Å². The first-order chi connectivity index (χ1) is 20.2. The van der Waals surface area contributed by atoms with E-state index in [1.54, 1.807) is 13.2 Å². The first kappa shape index (κ1) is 26.3. The van der Waals surface area contributed by atoms with Crippen LogP contribution in [0.4, 0.5) is 22.7 Å². The van der Waals surface area contributed by atoms with Gasteiger partial charge in [-0.2, -0.15) is 10.2 Å². The Morgan fingerprint density at radius 1 is 0.756 bits per heavy atom. The van der Waals surface area contributed by atoms with Crippen molar-refractivity contribution in [3.63, 3.8) is 0 Å². The van der Waals surface area contributed by atoms with Crippen molar-refractivity contribution in [2.45, 2.75) is 12.1 Å². The molecule has 6 rings (SSSR count). The van der Waals surface area contributed by atoms with Crippen molar-refractivity contribution < 1.29 is 9.47 Å². The van der Waals surface area contributed by atoms with Gasteiger partial charge in [-0.3, -0.25) is 4.90 Å². The molecule has 41 heavy (non-hydrogen) atoms. The van der Waals surface area contributed by atoms with Crippen molar-refractivity contribution >= 4 is 40.2 Å². The van der Waals surface area contributed by atoms with Gasteiger partial charge in [0.2, 0.25) is 0 Å². The molecule has 0 saturated heterocycles. The number of aliphatic imine (C=N–C) groups is 1. The molecule has 5 aromatic rings. The summed E-state index contributed by atoms with van der Waals surface area (Å²) in [7, 11) is 1.65. The van der Waals surface area contributed by atoms with Gasteiger partial charge in [0.15, 0.2) is 12.1 Å². The highest BCUT2D eigenvalue weighted by atomic mass is 35.5. The molecule has 0 saturated carbocycles. The van der Waals surface area contributed by atoms with E-state index < -0.39 is 12.1 Å². The summed E-state index contributed by atoms with van der Waals surface area (Å²) in [4.78, 5) is 7.34. The summed E-state index contributed by atoms with van der Waals surface area (Å²) < 4.78 is 12.2. The Morgan fingerprint density at radius 3 is 2.07 bits per heavy atom. The van der Waals surface area contributed by atoms with Crippen molar-refractivity contribution in [2.24, 2.45) is 15.2 Å². The van der Waals surface area contributed by atoms with E-state index in [9.17, 15) is 0 Å². The maximum atomic E-state index is 6.73. The van der Waals surface area contributed by atoms with Gasteiger partial charge in [-0.15, -0.1) is 0 Å². The van der Waals surface area contributed by atoms with Gasteiger partial charge in [-0.1, -0.05) is 78.3 Å². The molecule has 202 valence electrons. The molecule has 0 amide bonds. The molecule has 1 heterocycles. The molecule has 5 aromatic carbocycles. The van der Waals surface area contributed by atoms with E-state index in [0.29, 0.717) is 28.0 Å². The number of methoxy groups -OCH3 is 1. The third-order valence-corrected chi connectivity index (χ3v) is 6.95. The first-order valence-electron chi connectivity index (χ1n) is 13.2. The molecular weight excluding hydrogens is 532 g/mol. The van der Waals surface area contributed by atoms with Crippen LogP contribution in [0.3, 0.4) is 0 Å². The highest BCUT2D eigenvalue weighted by Gasteiger charge is 2.37. The molecule has 6 nitrogen and oxygen atoms in total. The second-order valence-electron chi connectivity index (χ2n) is 9.40. The Bertz CT molecular complexity index is 1640. The van der Waals surface area contributed by atoms with Crippen molar-refractivity contribution in [3.8, 4) is 11.5 Å². The predicted molar refractivity (Wildman–Crippen MR) is 165 cm³/mol. The highest BCUT2D eigenvalue weighted by molar-refractivity contribution is 6.30. The monoisotopic (exact) mass is 558 g/mol. The summed E-state index contributed by atoms with van der Waals surface area (Å²) in [6.07, 6.45) is -0.554. The summed E-state index contributed by atoms with van der Waals surface area (Å²) in [5.41, 5.74) is 4.13. The molecular formula is C34H27ClN4O2. The number of azo groups is 1. The van der Waals surface area contributed by atoms with Crippen LogP contribution in [0.1, 0.15) is 11.7 Å². The molecule has 0 radical (unpaired) electrons. The van der Waals surface area contributed by atoms with Crippen molar-refractivity contribution in [1.29, 1.82) is 0 Å². The van der Waals surface area contributed by atoms with Crippen LogP contribution in [0, 0.1) is 0 Å². The molecule has 0 bridgehead atoms. The van der Waals surface area contributed by atoms with Crippen LogP contribution in [-0.2, 0) is 0 Å². The average molecular weight is 559 g/mol. The Morgan fingerprint density at radius 2 is 1.41 bits per heavy atom. The molecule has 1 aliphatic heterocycles. The number of para-hydroxylation sites is 4. The van der Waals surface area contributed by atoms with Gasteiger partial charge in [0, 0.05) is 16.4 Å². The Balaban J connectivity index is 1.58. The number of rotatable bonds is 6. The van der Waals surface area contributed by atoms with Crippen molar-refractivity contribution in [3.05, 3.63) is 144 Å². The highest BCUT2D eigenvalue weighted by Crippen LogP contribution is 2.41. The number of fused-ring (bicyclic) bond motifs is 1. The molecule has 0 aromatic heterocycles. The summed E-state index contributed by atoms with van der Waals surface area (Å²) in [5.74, 6) is 2.08. The lowest BCUT2D eigenvalue weighted by Crippen LogP contribution is -2.39. The van der Waals surface area contributed by atoms with E-state index >= 15 is 0 Å². The number of halogens is 1. The fourth-order valence-electron chi connectivity index (χ4n) is 4.75. The minimum atomic E-state index is -0.643. The topological polar surface area (TPSA) is 58.8 Å². The maximum absolute atomic E-state index is 6.73. The summed E-state index contributed by atoms with van der Waals surface area (Å²) in [6.45, 7) is 0. The van der Waals surface area contributed by atoms with Gasteiger partial charge < -0.3 is 9.47 Å². The Labute approximate surface area is 244 Å². The minimum absolute atomic E-state index is 0.554. The first-order valence-corrected chi connectivity index (χ1v) is 13.6. The lowest BCUT2D eigenvalue weighted by molar-refractivity contribution is 0.198. The molecule has 2 atom stereocenters. The predicted octanol–water partition coefficient (Wildman–Crippen LogP) is 9.50. The summed E-state index contributed by atoms with van der Waals surface area (Å²) in [5, 5.41) is 10.2. The second-order valence-corrected chi connectivity index (χ2v) is 9.83. The minimum Gasteiger partial charge on any atom is -0.497 e. The van der Waals surface area contributed by atoms with E-state index in [1.165, 1.54) is 0 Å². The fraction of sp³-hybridized carbons (Fsp3) is 0.0882. The van der Waals surface area contributed by atoms with Crippen LogP contribution in [0.5, 0.6) is 11.5 Å². The molecule has 0 fully saturated rings. The lowest BCUT2D eigenvalue weighted by Gasteiger charge is -2.31. The molecule has 0 aliphatic carbocycles. The number of hydrogen-bond donors (Lipinski definition) is 0. The molecule has 7 heteroatoms. The number of nitrogens with zero attached hydrogens (tertiary/aromatic N) is 4. The normalized spacial score (nSPS) is 16.3. The van der Waals surface area contributed by atoms with Gasteiger partial charge in [-0.05, 0) is 72.3 Å². The molecule has 0 N–H and O–H groups in total. The van der Waals surface area contributed by atoms with Gasteiger partial charge in [0.1, 0.15) is 23.0 Å². The molecule has 2 unspecified atom stereocenters. The van der Waals surface area contributed by atoms with Crippen LogP contribution in [-0.4, -0.2) is 19.0 Å².